The maximum Gasteiger partial charge on any atom is 0.114 e. The van der Waals surface area contributed by atoms with Crippen LogP contribution in [0.3, 0.4) is 0 Å². The second-order valence-corrected chi connectivity index (χ2v) is 7.84. The van der Waals surface area contributed by atoms with Crippen LogP contribution < -0.4 is 5.32 Å². The Morgan fingerprint density at radius 3 is 2.48 bits per heavy atom. The molecule has 0 saturated carbocycles. The highest BCUT2D eigenvalue weighted by Gasteiger charge is 2.20. The summed E-state index contributed by atoms with van der Waals surface area (Å²) in [4.78, 5) is 4.79. The standard InChI is InChI=1S/C16H20BrClN2S/c1-9(2)14-8-21-16(20-14)15(19-10(3)4)11-5-6-12(17)13(18)7-11/h5-10,15,19H,1-4H3. The maximum atomic E-state index is 6.25. The first-order valence-electron chi connectivity index (χ1n) is 7.04. The molecule has 1 aromatic carbocycles. The van der Waals surface area contributed by atoms with Gasteiger partial charge in [0.25, 0.3) is 0 Å². The van der Waals surface area contributed by atoms with E-state index in [9.17, 15) is 0 Å². The van der Waals surface area contributed by atoms with E-state index in [-0.39, 0.29) is 6.04 Å². The highest BCUT2D eigenvalue weighted by Crippen LogP contribution is 2.31. The molecule has 1 aromatic heterocycles. The number of nitrogens with one attached hydrogen (secondary N) is 1. The van der Waals surface area contributed by atoms with Gasteiger partial charge in [-0.2, -0.15) is 0 Å². The molecule has 0 bridgehead atoms. The zero-order valence-corrected chi connectivity index (χ0v) is 15.8. The number of hydrogen-bond acceptors (Lipinski definition) is 3. The summed E-state index contributed by atoms with van der Waals surface area (Å²) in [5.41, 5.74) is 2.29. The van der Waals surface area contributed by atoms with E-state index >= 15 is 0 Å². The minimum Gasteiger partial charge on any atom is -0.302 e. The molecule has 0 amide bonds. The van der Waals surface area contributed by atoms with Crippen LogP contribution in [0.15, 0.2) is 28.1 Å². The SMILES string of the molecule is CC(C)NC(c1ccc(Br)c(Cl)c1)c1nc(C(C)C)cs1. The largest absolute Gasteiger partial charge is 0.302 e. The first-order valence-corrected chi connectivity index (χ1v) is 9.10. The van der Waals surface area contributed by atoms with Crippen molar-refractivity contribution in [3.63, 3.8) is 0 Å². The van der Waals surface area contributed by atoms with Crippen LogP contribution in [0.1, 0.15) is 55.9 Å². The molecule has 0 aliphatic rings. The second-order valence-electron chi connectivity index (χ2n) is 5.69. The summed E-state index contributed by atoms with van der Waals surface area (Å²) in [5, 5.41) is 7.55. The van der Waals surface area contributed by atoms with Crippen molar-refractivity contribution in [1.82, 2.24) is 10.3 Å². The van der Waals surface area contributed by atoms with Gasteiger partial charge in [0.05, 0.1) is 16.8 Å². The molecule has 114 valence electrons. The van der Waals surface area contributed by atoms with Gasteiger partial charge in [-0.1, -0.05) is 31.5 Å². The van der Waals surface area contributed by atoms with Crippen LogP contribution in [0.25, 0.3) is 0 Å². The lowest BCUT2D eigenvalue weighted by Gasteiger charge is -2.20. The number of halogens is 2. The van der Waals surface area contributed by atoms with Crippen LogP contribution in [-0.2, 0) is 0 Å². The van der Waals surface area contributed by atoms with Crippen molar-refractivity contribution in [3.05, 3.63) is 49.3 Å². The van der Waals surface area contributed by atoms with Gasteiger partial charge in [0.1, 0.15) is 5.01 Å². The fraction of sp³-hybridized carbons (Fsp3) is 0.438. The fourth-order valence-electron chi connectivity index (χ4n) is 2.03. The van der Waals surface area contributed by atoms with E-state index in [1.807, 2.05) is 12.1 Å². The third kappa shape index (κ3) is 4.28. The summed E-state index contributed by atoms with van der Waals surface area (Å²) in [7, 11) is 0. The van der Waals surface area contributed by atoms with E-state index in [0.717, 1.165) is 25.8 Å². The molecule has 0 aliphatic carbocycles. The van der Waals surface area contributed by atoms with Crippen molar-refractivity contribution >= 4 is 38.9 Å². The maximum absolute atomic E-state index is 6.25. The number of nitrogens with zero attached hydrogens (tertiary/aromatic N) is 1. The zero-order chi connectivity index (χ0) is 15.6. The first kappa shape index (κ1) is 16.9. The van der Waals surface area contributed by atoms with Gasteiger partial charge < -0.3 is 5.32 Å². The van der Waals surface area contributed by atoms with Gasteiger partial charge in [0.15, 0.2) is 0 Å². The molecule has 21 heavy (non-hydrogen) atoms. The normalized spacial score (nSPS) is 13.1. The van der Waals surface area contributed by atoms with Gasteiger partial charge in [-0.3, -0.25) is 0 Å². The lowest BCUT2D eigenvalue weighted by Crippen LogP contribution is -2.29. The lowest BCUT2D eigenvalue weighted by atomic mass is 10.1. The molecule has 0 spiro atoms. The zero-order valence-electron chi connectivity index (χ0n) is 12.7. The third-order valence-electron chi connectivity index (χ3n) is 3.16. The fourth-order valence-corrected chi connectivity index (χ4v) is 3.53. The van der Waals surface area contributed by atoms with Crippen molar-refractivity contribution < 1.29 is 0 Å². The molecule has 2 rings (SSSR count). The quantitative estimate of drug-likeness (QED) is 0.704. The molecule has 1 atom stereocenters. The minimum atomic E-state index is 0.0769. The topological polar surface area (TPSA) is 24.9 Å². The molecule has 0 radical (unpaired) electrons. The van der Waals surface area contributed by atoms with Crippen molar-refractivity contribution in [2.75, 3.05) is 0 Å². The Bertz CT molecular complexity index is 610. The van der Waals surface area contributed by atoms with Crippen LogP contribution in [0.2, 0.25) is 5.02 Å². The Morgan fingerprint density at radius 1 is 1.24 bits per heavy atom. The predicted octanol–water partition coefficient (Wildman–Crippen LogP) is 5.77. The highest BCUT2D eigenvalue weighted by molar-refractivity contribution is 9.10. The molecule has 1 heterocycles. The van der Waals surface area contributed by atoms with E-state index in [1.54, 1.807) is 11.3 Å². The summed E-state index contributed by atoms with van der Waals surface area (Å²) in [6, 6.07) is 6.52. The van der Waals surface area contributed by atoms with Gasteiger partial charge in [0, 0.05) is 15.9 Å². The Kier molecular flexibility index (Phi) is 5.83. The first-order chi connectivity index (χ1) is 9.88. The average molecular weight is 388 g/mol. The molecule has 1 unspecified atom stereocenters. The van der Waals surface area contributed by atoms with Crippen LogP contribution in [-0.4, -0.2) is 11.0 Å². The van der Waals surface area contributed by atoms with Gasteiger partial charge in [-0.05, 0) is 53.4 Å². The molecule has 0 fully saturated rings. The highest BCUT2D eigenvalue weighted by atomic mass is 79.9. The summed E-state index contributed by atoms with van der Waals surface area (Å²) >= 11 is 11.4. The molecule has 1 N–H and O–H groups in total. The monoisotopic (exact) mass is 386 g/mol. The van der Waals surface area contributed by atoms with E-state index in [4.69, 9.17) is 16.6 Å². The van der Waals surface area contributed by atoms with Crippen molar-refractivity contribution in [2.45, 2.75) is 45.7 Å². The Morgan fingerprint density at radius 2 is 1.95 bits per heavy atom. The smallest absolute Gasteiger partial charge is 0.114 e. The molecule has 5 heteroatoms. The third-order valence-corrected chi connectivity index (χ3v) is 5.32. The summed E-state index contributed by atoms with van der Waals surface area (Å²) in [6.07, 6.45) is 0. The second kappa shape index (κ2) is 7.23. The van der Waals surface area contributed by atoms with Gasteiger partial charge in [-0.15, -0.1) is 11.3 Å². The van der Waals surface area contributed by atoms with E-state index < -0.39 is 0 Å². The van der Waals surface area contributed by atoms with Crippen LogP contribution in [0.4, 0.5) is 0 Å². The van der Waals surface area contributed by atoms with Gasteiger partial charge >= 0.3 is 0 Å². The van der Waals surface area contributed by atoms with Gasteiger partial charge in [0.2, 0.25) is 0 Å². The number of thiazole rings is 1. The Hall–Kier alpha value is -0.420. The van der Waals surface area contributed by atoms with Crippen molar-refractivity contribution in [3.8, 4) is 0 Å². The molecule has 2 nitrogen and oxygen atoms in total. The number of benzene rings is 1. The summed E-state index contributed by atoms with van der Waals surface area (Å²) < 4.78 is 0.915. The van der Waals surface area contributed by atoms with Crippen LogP contribution in [0.5, 0.6) is 0 Å². The van der Waals surface area contributed by atoms with E-state index in [1.165, 1.54) is 0 Å². The van der Waals surface area contributed by atoms with E-state index in [0.29, 0.717) is 12.0 Å². The summed E-state index contributed by atoms with van der Waals surface area (Å²) in [6.45, 7) is 8.62. The predicted molar refractivity (Wildman–Crippen MR) is 95.5 cm³/mol. The molecule has 0 aliphatic heterocycles. The van der Waals surface area contributed by atoms with Crippen molar-refractivity contribution in [2.24, 2.45) is 0 Å². The molecule has 2 aromatic rings. The number of hydrogen-bond donors (Lipinski definition) is 1. The Balaban J connectivity index is 2.39. The molecule has 0 saturated heterocycles. The molecular formula is C16H20BrClN2S. The average Bonchev–Trinajstić information content (AvgIpc) is 2.89. The van der Waals surface area contributed by atoms with Gasteiger partial charge in [-0.25, -0.2) is 4.98 Å². The Labute approximate surface area is 144 Å². The number of rotatable bonds is 5. The van der Waals surface area contributed by atoms with Crippen molar-refractivity contribution in [1.29, 1.82) is 0 Å². The summed E-state index contributed by atoms with van der Waals surface area (Å²) in [5.74, 6) is 0.447. The van der Waals surface area contributed by atoms with Crippen LogP contribution >= 0.6 is 38.9 Å². The van der Waals surface area contributed by atoms with E-state index in [2.05, 4.69) is 60.4 Å². The lowest BCUT2D eigenvalue weighted by molar-refractivity contribution is 0.525. The molecular weight excluding hydrogens is 368 g/mol. The van der Waals surface area contributed by atoms with Crippen LogP contribution in [0, 0.1) is 0 Å². The number of aromatic nitrogens is 1. The minimum absolute atomic E-state index is 0.0769.